The zero-order valence-electron chi connectivity index (χ0n) is 6.04. The van der Waals surface area contributed by atoms with Gasteiger partial charge in [-0.1, -0.05) is 0 Å². The van der Waals surface area contributed by atoms with E-state index in [1.165, 1.54) is 0 Å². The molecule has 5 heteroatoms. The van der Waals surface area contributed by atoms with E-state index in [0.29, 0.717) is 5.88 Å². The standard InChI is InChI=1S/C7H5BrClN3/c8-6-1-5(2-9)7-11-10-4-12(7)3-6/h1,3-4H,2H2. The third-order valence-electron chi connectivity index (χ3n) is 1.58. The molecule has 12 heavy (non-hydrogen) atoms. The van der Waals surface area contributed by atoms with Gasteiger partial charge in [0, 0.05) is 16.2 Å². The minimum absolute atomic E-state index is 0.446. The van der Waals surface area contributed by atoms with Gasteiger partial charge in [-0.25, -0.2) is 0 Å². The maximum atomic E-state index is 5.73. The van der Waals surface area contributed by atoms with Gasteiger partial charge in [0.15, 0.2) is 5.65 Å². The van der Waals surface area contributed by atoms with Crippen LogP contribution in [0.4, 0.5) is 0 Å². The molecule has 0 atom stereocenters. The van der Waals surface area contributed by atoms with Crippen LogP contribution in [0.3, 0.4) is 0 Å². The third-order valence-corrected chi connectivity index (χ3v) is 2.30. The number of hydrogen-bond acceptors (Lipinski definition) is 2. The normalized spacial score (nSPS) is 10.8. The highest BCUT2D eigenvalue weighted by molar-refractivity contribution is 9.10. The molecule has 0 spiro atoms. The molecule has 0 amide bonds. The summed E-state index contributed by atoms with van der Waals surface area (Å²) in [5.41, 5.74) is 1.79. The highest BCUT2D eigenvalue weighted by Gasteiger charge is 2.03. The van der Waals surface area contributed by atoms with E-state index < -0.39 is 0 Å². The fourth-order valence-electron chi connectivity index (χ4n) is 1.07. The summed E-state index contributed by atoms with van der Waals surface area (Å²) >= 11 is 9.11. The topological polar surface area (TPSA) is 30.2 Å². The van der Waals surface area contributed by atoms with Gasteiger partial charge >= 0.3 is 0 Å². The Morgan fingerprint density at radius 3 is 3.17 bits per heavy atom. The van der Waals surface area contributed by atoms with Crippen LogP contribution in [-0.4, -0.2) is 14.6 Å². The second-order valence-corrected chi connectivity index (χ2v) is 3.56. The van der Waals surface area contributed by atoms with Gasteiger partial charge < -0.3 is 0 Å². The number of halogens is 2. The van der Waals surface area contributed by atoms with Gasteiger partial charge in [-0.3, -0.25) is 4.40 Å². The molecular formula is C7H5BrClN3. The van der Waals surface area contributed by atoms with E-state index in [1.54, 1.807) is 6.33 Å². The van der Waals surface area contributed by atoms with Gasteiger partial charge in [-0.15, -0.1) is 21.8 Å². The molecule has 0 aliphatic rings. The quantitative estimate of drug-likeness (QED) is 0.722. The van der Waals surface area contributed by atoms with Gasteiger partial charge in [0.05, 0.1) is 5.88 Å². The Morgan fingerprint density at radius 1 is 1.58 bits per heavy atom. The Labute approximate surface area is 82.5 Å². The third kappa shape index (κ3) is 1.21. The van der Waals surface area contributed by atoms with E-state index >= 15 is 0 Å². The molecule has 3 nitrogen and oxygen atoms in total. The van der Waals surface area contributed by atoms with Crippen LogP contribution in [0.1, 0.15) is 5.56 Å². The SMILES string of the molecule is ClCc1cc(Br)cn2cnnc12. The molecule has 2 rings (SSSR count). The van der Waals surface area contributed by atoms with Crippen LogP contribution >= 0.6 is 27.5 Å². The van der Waals surface area contributed by atoms with Crippen molar-refractivity contribution in [1.29, 1.82) is 0 Å². The molecular weight excluding hydrogens is 241 g/mol. The molecule has 0 saturated heterocycles. The first-order chi connectivity index (χ1) is 5.81. The first-order valence-corrected chi connectivity index (χ1v) is 4.68. The van der Waals surface area contributed by atoms with E-state index in [2.05, 4.69) is 26.1 Å². The molecule has 0 radical (unpaired) electrons. The Kier molecular flexibility index (Phi) is 2.02. The fourth-order valence-corrected chi connectivity index (χ4v) is 1.76. The molecule has 0 N–H and O–H groups in total. The summed E-state index contributed by atoms with van der Waals surface area (Å²) < 4.78 is 2.81. The largest absolute Gasteiger partial charge is 0.288 e. The van der Waals surface area contributed by atoms with Gasteiger partial charge in [-0.2, -0.15) is 0 Å². The van der Waals surface area contributed by atoms with E-state index in [0.717, 1.165) is 15.7 Å². The van der Waals surface area contributed by atoms with Crippen molar-refractivity contribution in [3.8, 4) is 0 Å². The Hall–Kier alpha value is -0.610. The van der Waals surface area contributed by atoms with E-state index in [4.69, 9.17) is 11.6 Å². The average molecular weight is 246 g/mol. The molecule has 0 fully saturated rings. The summed E-state index contributed by atoms with van der Waals surface area (Å²) in [6.45, 7) is 0. The van der Waals surface area contributed by atoms with Crippen molar-refractivity contribution < 1.29 is 0 Å². The first kappa shape index (κ1) is 8.01. The van der Waals surface area contributed by atoms with Crippen LogP contribution in [0.15, 0.2) is 23.1 Å². The lowest BCUT2D eigenvalue weighted by molar-refractivity contribution is 1.10. The van der Waals surface area contributed by atoms with Crippen molar-refractivity contribution in [2.75, 3.05) is 0 Å². The maximum absolute atomic E-state index is 5.73. The molecule has 0 aliphatic heterocycles. The minimum atomic E-state index is 0.446. The Bertz CT molecular complexity index is 412. The van der Waals surface area contributed by atoms with Crippen LogP contribution in [0.25, 0.3) is 5.65 Å². The summed E-state index contributed by atoms with van der Waals surface area (Å²) in [7, 11) is 0. The van der Waals surface area contributed by atoms with Gasteiger partial charge in [-0.05, 0) is 22.0 Å². The van der Waals surface area contributed by atoms with Crippen molar-refractivity contribution >= 4 is 33.2 Å². The van der Waals surface area contributed by atoms with Crippen LogP contribution < -0.4 is 0 Å². The van der Waals surface area contributed by atoms with E-state index in [1.807, 2.05) is 16.7 Å². The molecule has 0 saturated carbocycles. The predicted molar refractivity (Wildman–Crippen MR) is 50.2 cm³/mol. The first-order valence-electron chi connectivity index (χ1n) is 3.35. The summed E-state index contributed by atoms with van der Waals surface area (Å²) in [5, 5.41) is 7.72. The number of fused-ring (bicyclic) bond motifs is 1. The molecule has 2 aromatic rings. The number of nitrogens with zero attached hydrogens (tertiary/aromatic N) is 3. The van der Waals surface area contributed by atoms with Crippen molar-refractivity contribution in [2.24, 2.45) is 0 Å². The number of pyridine rings is 1. The number of rotatable bonds is 1. The second-order valence-electron chi connectivity index (χ2n) is 2.38. The van der Waals surface area contributed by atoms with Crippen LogP contribution in [0.2, 0.25) is 0 Å². The van der Waals surface area contributed by atoms with Crippen molar-refractivity contribution in [2.45, 2.75) is 5.88 Å². The molecule has 2 heterocycles. The van der Waals surface area contributed by atoms with E-state index in [-0.39, 0.29) is 0 Å². The van der Waals surface area contributed by atoms with Crippen LogP contribution in [0.5, 0.6) is 0 Å². The molecule has 0 unspecified atom stereocenters. The molecule has 62 valence electrons. The maximum Gasteiger partial charge on any atom is 0.165 e. The molecule has 2 aromatic heterocycles. The highest BCUT2D eigenvalue weighted by atomic mass is 79.9. The van der Waals surface area contributed by atoms with Crippen molar-refractivity contribution in [1.82, 2.24) is 14.6 Å². The zero-order valence-corrected chi connectivity index (χ0v) is 8.38. The van der Waals surface area contributed by atoms with E-state index in [9.17, 15) is 0 Å². The predicted octanol–water partition coefficient (Wildman–Crippen LogP) is 2.23. The molecule has 0 aromatic carbocycles. The van der Waals surface area contributed by atoms with Crippen molar-refractivity contribution in [3.05, 3.63) is 28.6 Å². The van der Waals surface area contributed by atoms with Gasteiger partial charge in [0.25, 0.3) is 0 Å². The lowest BCUT2D eigenvalue weighted by Gasteiger charge is -1.98. The van der Waals surface area contributed by atoms with Crippen LogP contribution in [0, 0.1) is 0 Å². The minimum Gasteiger partial charge on any atom is -0.288 e. The summed E-state index contributed by atoms with van der Waals surface area (Å²) in [6.07, 6.45) is 3.54. The summed E-state index contributed by atoms with van der Waals surface area (Å²) in [4.78, 5) is 0. The summed E-state index contributed by atoms with van der Waals surface area (Å²) in [6, 6.07) is 1.94. The monoisotopic (exact) mass is 245 g/mol. The number of hydrogen-bond donors (Lipinski definition) is 0. The average Bonchev–Trinajstić information content (AvgIpc) is 2.50. The smallest absolute Gasteiger partial charge is 0.165 e. The van der Waals surface area contributed by atoms with Gasteiger partial charge in [0.2, 0.25) is 0 Å². The zero-order chi connectivity index (χ0) is 8.55. The lowest BCUT2D eigenvalue weighted by Crippen LogP contribution is -1.89. The molecule has 0 bridgehead atoms. The Morgan fingerprint density at radius 2 is 2.42 bits per heavy atom. The highest BCUT2D eigenvalue weighted by Crippen LogP contribution is 2.17. The lowest BCUT2D eigenvalue weighted by atomic mass is 10.3. The number of aromatic nitrogens is 3. The molecule has 0 aliphatic carbocycles. The Balaban J connectivity index is 2.80. The fraction of sp³-hybridized carbons (Fsp3) is 0.143. The van der Waals surface area contributed by atoms with Gasteiger partial charge in [0.1, 0.15) is 6.33 Å². The van der Waals surface area contributed by atoms with Crippen LogP contribution in [-0.2, 0) is 5.88 Å². The summed E-state index contributed by atoms with van der Waals surface area (Å²) in [5.74, 6) is 0.446. The van der Waals surface area contributed by atoms with Crippen molar-refractivity contribution in [3.63, 3.8) is 0 Å². The second kappa shape index (κ2) is 3.03. The number of alkyl halides is 1.